The van der Waals surface area contributed by atoms with Crippen molar-refractivity contribution < 1.29 is 20.4 Å². The molecule has 4 N–H and O–H groups in total. The zero-order valence-electron chi connectivity index (χ0n) is 15.0. The predicted molar refractivity (Wildman–Crippen MR) is 106 cm³/mol. The van der Waals surface area contributed by atoms with Gasteiger partial charge in [0.1, 0.15) is 17.6 Å². The first kappa shape index (κ1) is 20.3. The largest absolute Gasteiger partial charge is 0.508 e. The molecule has 0 amide bonds. The van der Waals surface area contributed by atoms with Crippen molar-refractivity contribution in [2.75, 3.05) is 0 Å². The fraction of sp³-hybridized carbons (Fsp3) is 0.217. The third kappa shape index (κ3) is 6.34. The number of aliphatic hydroxyl groups excluding tert-OH is 2. The highest BCUT2D eigenvalue weighted by molar-refractivity contribution is 5.40. The molecule has 0 bridgehead atoms. The molecule has 2 aromatic rings. The van der Waals surface area contributed by atoms with Gasteiger partial charge in [-0.25, -0.2) is 0 Å². The lowest BCUT2D eigenvalue weighted by atomic mass is 9.99. The molecule has 2 rings (SSSR count). The summed E-state index contributed by atoms with van der Waals surface area (Å²) >= 11 is 0. The molecule has 2 unspecified atom stereocenters. The van der Waals surface area contributed by atoms with Crippen LogP contribution in [0.2, 0.25) is 0 Å². The molecule has 0 saturated carbocycles. The molecule has 0 radical (unpaired) electrons. The zero-order valence-corrected chi connectivity index (χ0v) is 15.0. The van der Waals surface area contributed by atoms with Crippen molar-refractivity contribution >= 4 is 0 Å². The van der Waals surface area contributed by atoms with Crippen LogP contribution >= 0.6 is 0 Å². The lowest BCUT2D eigenvalue weighted by molar-refractivity contribution is 0.183. The van der Waals surface area contributed by atoms with Gasteiger partial charge in [0.05, 0.1) is 6.10 Å². The Labute approximate surface area is 159 Å². The third-order valence-electron chi connectivity index (χ3n) is 4.00. The molecule has 2 atom stereocenters. The van der Waals surface area contributed by atoms with Gasteiger partial charge in [0.2, 0.25) is 0 Å². The smallest absolute Gasteiger partial charge is 0.115 e. The summed E-state index contributed by atoms with van der Waals surface area (Å²) in [5, 5.41) is 40.0. The summed E-state index contributed by atoms with van der Waals surface area (Å²) in [7, 11) is 0. The number of phenolic OH excluding ortho intramolecular Hbond substituents is 2. The van der Waals surface area contributed by atoms with Crippen molar-refractivity contribution in [1.29, 1.82) is 0 Å². The van der Waals surface area contributed by atoms with Gasteiger partial charge in [-0.1, -0.05) is 48.3 Å². The molecule has 0 aliphatic rings. The normalized spacial score (nSPS) is 13.3. The third-order valence-corrected chi connectivity index (χ3v) is 4.00. The highest BCUT2D eigenvalue weighted by Gasteiger charge is 2.12. The van der Waals surface area contributed by atoms with E-state index in [0.29, 0.717) is 23.1 Å². The van der Waals surface area contributed by atoms with Gasteiger partial charge in [0, 0.05) is 12.0 Å². The molecule has 0 fully saturated rings. The molecule has 27 heavy (non-hydrogen) atoms. The quantitative estimate of drug-likeness (QED) is 0.338. The van der Waals surface area contributed by atoms with Crippen LogP contribution in [0.5, 0.6) is 11.5 Å². The Bertz CT molecular complexity index is 858. The number of phenols is 2. The van der Waals surface area contributed by atoms with E-state index >= 15 is 0 Å². The number of hydrogen-bond acceptors (Lipinski definition) is 4. The Hall–Kier alpha value is -3.00. The molecule has 0 spiro atoms. The molecule has 2 aromatic carbocycles. The van der Waals surface area contributed by atoms with Crippen LogP contribution in [-0.2, 0) is 0 Å². The number of allylic oxidation sites excluding steroid dienone is 2. The average Bonchev–Trinajstić information content (AvgIpc) is 2.66. The van der Waals surface area contributed by atoms with Gasteiger partial charge in [0.25, 0.3) is 0 Å². The van der Waals surface area contributed by atoms with Gasteiger partial charge in [-0.05, 0) is 48.2 Å². The summed E-state index contributed by atoms with van der Waals surface area (Å²) in [6, 6.07) is 12.8. The Morgan fingerprint density at radius 1 is 0.963 bits per heavy atom. The second kappa shape index (κ2) is 10.2. The molecule has 4 heteroatoms. The highest BCUT2D eigenvalue weighted by atomic mass is 16.3. The van der Waals surface area contributed by atoms with Gasteiger partial charge in [-0.2, -0.15) is 0 Å². The van der Waals surface area contributed by atoms with Crippen molar-refractivity contribution in [3.05, 3.63) is 84.0 Å². The SMILES string of the molecule is C=CCCC=C(C#CCC(O)c1cccc(O)c1)C(O)c1cccc(O)c1. The van der Waals surface area contributed by atoms with Crippen LogP contribution < -0.4 is 0 Å². The van der Waals surface area contributed by atoms with Crippen molar-refractivity contribution in [3.8, 4) is 23.3 Å². The summed E-state index contributed by atoms with van der Waals surface area (Å²) in [5.41, 5.74) is 1.63. The van der Waals surface area contributed by atoms with Crippen molar-refractivity contribution in [1.82, 2.24) is 0 Å². The Kier molecular flexibility index (Phi) is 7.69. The van der Waals surface area contributed by atoms with Crippen molar-refractivity contribution in [2.45, 2.75) is 31.5 Å². The van der Waals surface area contributed by atoms with Gasteiger partial charge < -0.3 is 20.4 Å². The van der Waals surface area contributed by atoms with Crippen molar-refractivity contribution in [2.24, 2.45) is 0 Å². The summed E-state index contributed by atoms with van der Waals surface area (Å²) in [4.78, 5) is 0. The molecular weight excluding hydrogens is 340 g/mol. The molecule has 0 aliphatic carbocycles. The molecule has 0 saturated heterocycles. The fourth-order valence-corrected chi connectivity index (χ4v) is 2.56. The molecular formula is C23H24O4. The van der Waals surface area contributed by atoms with Crippen LogP contribution in [0, 0.1) is 11.8 Å². The monoisotopic (exact) mass is 364 g/mol. The van der Waals surface area contributed by atoms with Gasteiger partial charge in [0.15, 0.2) is 0 Å². The van der Waals surface area contributed by atoms with E-state index in [9.17, 15) is 20.4 Å². The van der Waals surface area contributed by atoms with Crippen molar-refractivity contribution in [3.63, 3.8) is 0 Å². The zero-order chi connectivity index (χ0) is 19.6. The fourth-order valence-electron chi connectivity index (χ4n) is 2.56. The Balaban J connectivity index is 2.16. The van der Waals surface area contributed by atoms with Crippen LogP contribution in [0.4, 0.5) is 0 Å². The number of hydrogen-bond donors (Lipinski definition) is 4. The van der Waals surface area contributed by atoms with E-state index in [1.165, 1.54) is 24.3 Å². The first-order valence-corrected chi connectivity index (χ1v) is 8.75. The van der Waals surface area contributed by atoms with Crippen LogP contribution in [0.15, 0.2) is 72.8 Å². The van der Waals surface area contributed by atoms with Crippen LogP contribution in [0.25, 0.3) is 0 Å². The predicted octanol–water partition coefficient (Wildman–Crippen LogP) is 4.15. The van der Waals surface area contributed by atoms with Gasteiger partial charge >= 0.3 is 0 Å². The lowest BCUT2D eigenvalue weighted by Crippen LogP contribution is -2.01. The first-order valence-electron chi connectivity index (χ1n) is 8.75. The average molecular weight is 364 g/mol. The number of aliphatic hydroxyl groups is 2. The van der Waals surface area contributed by atoms with Crippen LogP contribution in [-0.4, -0.2) is 20.4 Å². The van der Waals surface area contributed by atoms with E-state index in [0.717, 1.165) is 6.42 Å². The molecule has 4 nitrogen and oxygen atoms in total. The van der Waals surface area contributed by atoms with E-state index in [4.69, 9.17) is 0 Å². The van der Waals surface area contributed by atoms with E-state index < -0.39 is 12.2 Å². The number of benzene rings is 2. The highest BCUT2D eigenvalue weighted by Crippen LogP contribution is 2.25. The minimum Gasteiger partial charge on any atom is -0.508 e. The van der Waals surface area contributed by atoms with E-state index in [2.05, 4.69) is 18.4 Å². The standard InChI is InChI=1S/C23H24O4/c1-2-3-4-8-17(23(27)19-11-6-13-21(25)16-19)9-7-14-22(26)18-10-5-12-20(24)15-18/h2,5-6,8,10-13,15-16,22-27H,1,3-4,14H2. The molecule has 0 heterocycles. The summed E-state index contributed by atoms with van der Waals surface area (Å²) in [6.45, 7) is 3.68. The maximum atomic E-state index is 10.6. The first-order chi connectivity index (χ1) is 13.0. The van der Waals surface area contributed by atoms with Gasteiger partial charge in [-0.3, -0.25) is 0 Å². The maximum absolute atomic E-state index is 10.6. The second-order valence-electron chi connectivity index (χ2n) is 6.14. The second-order valence-corrected chi connectivity index (χ2v) is 6.14. The van der Waals surface area contributed by atoms with Crippen LogP contribution in [0.3, 0.4) is 0 Å². The van der Waals surface area contributed by atoms with E-state index in [-0.39, 0.29) is 17.9 Å². The summed E-state index contributed by atoms with van der Waals surface area (Å²) < 4.78 is 0. The number of rotatable bonds is 7. The molecule has 140 valence electrons. The van der Waals surface area contributed by atoms with E-state index in [1.807, 2.05) is 6.08 Å². The molecule has 0 aromatic heterocycles. The van der Waals surface area contributed by atoms with Gasteiger partial charge in [-0.15, -0.1) is 6.58 Å². The number of unbranched alkanes of at least 4 members (excludes halogenated alkanes) is 1. The molecule has 0 aliphatic heterocycles. The Morgan fingerprint density at radius 3 is 2.22 bits per heavy atom. The lowest BCUT2D eigenvalue weighted by Gasteiger charge is -2.12. The van der Waals surface area contributed by atoms with E-state index in [1.54, 1.807) is 30.3 Å². The maximum Gasteiger partial charge on any atom is 0.115 e. The minimum atomic E-state index is -0.965. The van der Waals surface area contributed by atoms with Crippen LogP contribution in [0.1, 0.15) is 42.6 Å². The Morgan fingerprint density at radius 2 is 1.59 bits per heavy atom. The minimum absolute atomic E-state index is 0.0734. The summed E-state index contributed by atoms with van der Waals surface area (Å²) in [6.07, 6.45) is 3.42. The summed E-state index contributed by atoms with van der Waals surface area (Å²) in [5.74, 6) is 5.99. The topological polar surface area (TPSA) is 80.9 Å². The number of aromatic hydroxyl groups is 2.